The van der Waals surface area contributed by atoms with Gasteiger partial charge < -0.3 is 10.1 Å². The van der Waals surface area contributed by atoms with Crippen LogP contribution in [0.15, 0.2) is 65.8 Å². The van der Waals surface area contributed by atoms with Crippen molar-refractivity contribution in [2.45, 2.75) is 20.0 Å². The van der Waals surface area contributed by atoms with Gasteiger partial charge in [0.1, 0.15) is 23.5 Å². The number of hydrogen-bond acceptors (Lipinski definition) is 3. The molecule has 1 aliphatic heterocycles. The first-order valence-electron chi connectivity index (χ1n) is 8.04. The third kappa shape index (κ3) is 3.78. The molecule has 0 saturated heterocycles. The Hall–Kier alpha value is -3.32. The highest BCUT2D eigenvalue weighted by Gasteiger charge is 2.19. The maximum absolute atomic E-state index is 12.4. The lowest BCUT2D eigenvalue weighted by atomic mass is 10.0. The fourth-order valence-corrected chi connectivity index (χ4v) is 2.57. The summed E-state index contributed by atoms with van der Waals surface area (Å²) in [5.74, 6) is 0.369. The van der Waals surface area contributed by atoms with Crippen LogP contribution >= 0.6 is 0 Å². The number of para-hydroxylation sites is 1. The van der Waals surface area contributed by atoms with Crippen LogP contribution in [0.3, 0.4) is 0 Å². The SMILES string of the molecule is Cc1ccc(NC(=O)/C(C#N)=C/C2=Cc3ccccc3O[C@H]2C)cc1. The number of aryl methyl sites for hydroxylation is 1. The van der Waals surface area contributed by atoms with Gasteiger partial charge in [0, 0.05) is 11.3 Å². The number of fused-ring (bicyclic) bond motifs is 1. The third-order valence-corrected chi connectivity index (χ3v) is 4.00. The molecule has 0 aromatic heterocycles. The number of nitrogens with zero attached hydrogens (tertiary/aromatic N) is 1. The Morgan fingerprint density at radius 3 is 2.64 bits per heavy atom. The number of hydrogen-bond donors (Lipinski definition) is 1. The molecule has 3 rings (SSSR count). The zero-order valence-corrected chi connectivity index (χ0v) is 14.1. The Morgan fingerprint density at radius 2 is 1.92 bits per heavy atom. The molecule has 1 atom stereocenters. The molecule has 0 fully saturated rings. The smallest absolute Gasteiger partial charge is 0.266 e. The Kier molecular flexibility index (Phi) is 4.67. The summed E-state index contributed by atoms with van der Waals surface area (Å²) in [4.78, 5) is 12.4. The number of rotatable bonds is 3. The first kappa shape index (κ1) is 16.5. The van der Waals surface area contributed by atoms with Crippen LogP contribution in [0.2, 0.25) is 0 Å². The molecule has 0 aliphatic carbocycles. The topological polar surface area (TPSA) is 62.1 Å². The second-order valence-corrected chi connectivity index (χ2v) is 5.93. The number of carbonyl (C=O) groups excluding carboxylic acids is 1. The van der Waals surface area contributed by atoms with Crippen molar-refractivity contribution in [3.63, 3.8) is 0 Å². The largest absolute Gasteiger partial charge is 0.485 e. The summed E-state index contributed by atoms with van der Waals surface area (Å²) in [6.07, 6.45) is 3.30. The van der Waals surface area contributed by atoms with E-state index in [4.69, 9.17) is 4.74 Å². The summed E-state index contributed by atoms with van der Waals surface area (Å²) in [5, 5.41) is 12.1. The van der Waals surface area contributed by atoms with Crippen molar-refractivity contribution < 1.29 is 9.53 Å². The van der Waals surface area contributed by atoms with Gasteiger partial charge in [-0.2, -0.15) is 5.26 Å². The molecular formula is C21H18N2O2. The average Bonchev–Trinajstić information content (AvgIpc) is 2.61. The van der Waals surface area contributed by atoms with Crippen molar-refractivity contribution in [1.82, 2.24) is 0 Å². The van der Waals surface area contributed by atoms with E-state index in [0.29, 0.717) is 5.69 Å². The molecule has 0 unspecified atom stereocenters. The Bertz CT molecular complexity index is 902. The van der Waals surface area contributed by atoms with Crippen LogP contribution in [-0.4, -0.2) is 12.0 Å². The number of ether oxygens (including phenoxy) is 1. The van der Waals surface area contributed by atoms with Crippen LogP contribution in [0.1, 0.15) is 18.1 Å². The van der Waals surface area contributed by atoms with Crippen molar-refractivity contribution in [1.29, 1.82) is 5.26 Å². The molecule has 1 amide bonds. The van der Waals surface area contributed by atoms with Crippen LogP contribution in [0.5, 0.6) is 5.75 Å². The Balaban J connectivity index is 1.85. The molecule has 0 saturated carbocycles. The molecule has 2 aromatic rings. The maximum Gasteiger partial charge on any atom is 0.266 e. The van der Waals surface area contributed by atoms with Crippen molar-refractivity contribution in [3.8, 4) is 11.8 Å². The van der Waals surface area contributed by atoms with Gasteiger partial charge in [-0.05, 0) is 49.8 Å². The second-order valence-electron chi connectivity index (χ2n) is 5.93. The third-order valence-electron chi connectivity index (χ3n) is 4.00. The van der Waals surface area contributed by atoms with E-state index in [1.165, 1.54) is 0 Å². The molecule has 1 aliphatic rings. The van der Waals surface area contributed by atoms with Crippen LogP contribution < -0.4 is 10.1 Å². The van der Waals surface area contributed by atoms with Crippen LogP contribution in [0.25, 0.3) is 6.08 Å². The molecule has 4 nitrogen and oxygen atoms in total. The average molecular weight is 330 g/mol. The fourth-order valence-electron chi connectivity index (χ4n) is 2.57. The first-order valence-corrected chi connectivity index (χ1v) is 8.04. The molecule has 0 bridgehead atoms. The molecule has 0 radical (unpaired) electrons. The highest BCUT2D eigenvalue weighted by molar-refractivity contribution is 6.07. The van der Waals surface area contributed by atoms with Gasteiger partial charge in [-0.3, -0.25) is 4.79 Å². The highest BCUT2D eigenvalue weighted by Crippen LogP contribution is 2.30. The van der Waals surface area contributed by atoms with E-state index >= 15 is 0 Å². The zero-order chi connectivity index (χ0) is 17.8. The number of carbonyl (C=O) groups is 1. The molecule has 1 heterocycles. The van der Waals surface area contributed by atoms with Crippen molar-refractivity contribution in [3.05, 3.63) is 76.9 Å². The van der Waals surface area contributed by atoms with E-state index in [-0.39, 0.29) is 11.7 Å². The van der Waals surface area contributed by atoms with Gasteiger partial charge in [0.25, 0.3) is 5.91 Å². The standard InChI is InChI=1S/C21H18N2O2/c1-14-7-9-19(10-8-14)23-21(24)18(13-22)12-17-11-16-5-3-4-6-20(16)25-15(17)2/h3-12,15H,1-2H3,(H,23,24)/b18-12+/t15-/m0/s1. The lowest BCUT2D eigenvalue weighted by Gasteiger charge is -2.23. The Labute approximate surface area is 147 Å². The Morgan fingerprint density at radius 1 is 1.20 bits per heavy atom. The van der Waals surface area contributed by atoms with Gasteiger partial charge in [-0.25, -0.2) is 0 Å². The van der Waals surface area contributed by atoms with Crippen molar-refractivity contribution >= 4 is 17.7 Å². The minimum absolute atomic E-state index is 0.0432. The van der Waals surface area contributed by atoms with Crippen molar-refractivity contribution in [2.75, 3.05) is 5.32 Å². The van der Waals surface area contributed by atoms with E-state index in [1.807, 2.05) is 74.5 Å². The summed E-state index contributed by atoms with van der Waals surface area (Å²) in [6.45, 7) is 3.87. The van der Waals surface area contributed by atoms with E-state index in [1.54, 1.807) is 6.08 Å². The first-order chi connectivity index (χ1) is 12.1. The normalized spacial score (nSPS) is 16.1. The van der Waals surface area contributed by atoms with Gasteiger partial charge >= 0.3 is 0 Å². The predicted molar refractivity (Wildman–Crippen MR) is 98.0 cm³/mol. The minimum Gasteiger partial charge on any atom is -0.485 e. The van der Waals surface area contributed by atoms with Crippen LogP contribution in [0, 0.1) is 18.3 Å². The monoisotopic (exact) mass is 330 g/mol. The summed E-state index contributed by atoms with van der Waals surface area (Å²) in [6, 6.07) is 17.1. The number of amides is 1. The van der Waals surface area contributed by atoms with Gasteiger partial charge in [0.15, 0.2) is 0 Å². The highest BCUT2D eigenvalue weighted by atomic mass is 16.5. The summed E-state index contributed by atoms with van der Waals surface area (Å²) in [5.41, 5.74) is 3.52. The number of nitrogens with one attached hydrogen (secondary N) is 1. The van der Waals surface area contributed by atoms with Crippen LogP contribution in [0.4, 0.5) is 5.69 Å². The quantitative estimate of drug-likeness (QED) is 0.676. The lowest BCUT2D eigenvalue weighted by molar-refractivity contribution is -0.112. The zero-order valence-electron chi connectivity index (χ0n) is 14.1. The number of nitriles is 1. The summed E-state index contributed by atoms with van der Waals surface area (Å²) < 4.78 is 5.85. The van der Waals surface area contributed by atoms with E-state index in [0.717, 1.165) is 22.4 Å². The fraction of sp³-hybridized carbons (Fsp3) is 0.143. The lowest BCUT2D eigenvalue weighted by Crippen LogP contribution is -2.20. The van der Waals surface area contributed by atoms with Gasteiger partial charge in [-0.1, -0.05) is 35.9 Å². The summed E-state index contributed by atoms with van der Waals surface area (Å²) in [7, 11) is 0. The van der Waals surface area contributed by atoms with E-state index in [2.05, 4.69) is 5.32 Å². The van der Waals surface area contributed by atoms with E-state index < -0.39 is 5.91 Å². The molecule has 1 N–H and O–H groups in total. The molecule has 2 aromatic carbocycles. The molecular weight excluding hydrogens is 312 g/mol. The number of benzene rings is 2. The summed E-state index contributed by atoms with van der Waals surface area (Å²) >= 11 is 0. The van der Waals surface area contributed by atoms with Gasteiger partial charge in [0.2, 0.25) is 0 Å². The predicted octanol–water partition coefficient (Wildman–Crippen LogP) is 4.25. The molecule has 4 heteroatoms. The van der Waals surface area contributed by atoms with Gasteiger partial charge in [0.05, 0.1) is 0 Å². The van der Waals surface area contributed by atoms with E-state index in [9.17, 15) is 10.1 Å². The second kappa shape index (κ2) is 7.06. The number of anilines is 1. The minimum atomic E-state index is -0.432. The van der Waals surface area contributed by atoms with Crippen molar-refractivity contribution in [2.24, 2.45) is 0 Å². The molecule has 25 heavy (non-hydrogen) atoms. The molecule has 124 valence electrons. The van der Waals surface area contributed by atoms with Gasteiger partial charge in [-0.15, -0.1) is 0 Å². The maximum atomic E-state index is 12.4. The van der Waals surface area contributed by atoms with Crippen LogP contribution in [-0.2, 0) is 4.79 Å². The molecule has 0 spiro atoms.